The Bertz CT molecular complexity index is 1410. The molecule has 2 nitrogen and oxygen atoms in total. The minimum absolute atomic E-state index is 0.477. The Balaban J connectivity index is 1.73. The second kappa shape index (κ2) is 8.63. The van der Waals surface area contributed by atoms with Gasteiger partial charge in [-0.2, -0.15) is 0 Å². The quantitative estimate of drug-likeness (QED) is 0.246. The van der Waals surface area contributed by atoms with Crippen molar-refractivity contribution in [3.8, 4) is 22.6 Å². The highest BCUT2D eigenvalue weighted by molar-refractivity contribution is 5.82. The molecule has 0 N–H and O–H groups in total. The molecule has 0 heterocycles. The van der Waals surface area contributed by atoms with E-state index in [1.165, 1.54) is 44.5 Å². The van der Waals surface area contributed by atoms with Crippen molar-refractivity contribution in [3.63, 3.8) is 0 Å². The van der Waals surface area contributed by atoms with Crippen molar-refractivity contribution in [1.82, 2.24) is 0 Å². The molecule has 0 saturated carbocycles. The van der Waals surface area contributed by atoms with Crippen LogP contribution in [0.2, 0.25) is 0 Å². The Labute approximate surface area is 207 Å². The fraction of sp³-hybridized carbons (Fsp3) is 0.152. The zero-order valence-electron chi connectivity index (χ0n) is 20.1. The molecule has 4 aromatic rings. The van der Waals surface area contributed by atoms with Gasteiger partial charge in [0.25, 0.3) is 0 Å². The van der Waals surface area contributed by atoms with Crippen LogP contribution in [0.25, 0.3) is 11.1 Å². The Morgan fingerprint density at radius 2 is 1.40 bits per heavy atom. The molecular formula is C33H28O2. The fourth-order valence-electron chi connectivity index (χ4n) is 6.03. The van der Waals surface area contributed by atoms with Gasteiger partial charge in [-0.15, -0.1) is 0 Å². The van der Waals surface area contributed by atoms with Gasteiger partial charge in [-0.25, -0.2) is 0 Å². The SMILES string of the molecule is COc1ccc2c(c1)Cc1c-2ccc(OC)c1C(C1=CC=CC1)(c1ccccc1)c1ccccc1. The van der Waals surface area contributed by atoms with Crippen molar-refractivity contribution in [2.75, 3.05) is 14.2 Å². The molecule has 0 aliphatic heterocycles. The first-order valence-electron chi connectivity index (χ1n) is 12.1. The smallest absolute Gasteiger partial charge is 0.123 e. The Hall–Kier alpha value is -4.04. The monoisotopic (exact) mass is 456 g/mol. The van der Waals surface area contributed by atoms with Crippen molar-refractivity contribution in [3.05, 3.63) is 143 Å². The van der Waals surface area contributed by atoms with Crippen LogP contribution in [-0.4, -0.2) is 14.2 Å². The van der Waals surface area contributed by atoms with E-state index in [0.717, 1.165) is 24.3 Å². The van der Waals surface area contributed by atoms with Crippen molar-refractivity contribution in [2.45, 2.75) is 18.3 Å². The van der Waals surface area contributed by atoms with E-state index in [1.54, 1.807) is 14.2 Å². The Morgan fingerprint density at radius 1 is 0.714 bits per heavy atom. The molecule has 35 heavy (non-hydrogen) atoms. The van der Waals surface area contributed by atoms with E-state index in [2.05, 4.69) is 109 Å². The second-order valence-corrected chi connectivity index (χ2v) is 9.18. The standard InChI is InChI=1S/C33H28O2/c1-34-27-17-18-28-23(21-27)22-30-29(28)19-20-31(35-2)32(30)33(26-15-9-10-16-26,24-11-5-3-6-12-24)25-13-7-4-8-14-25/h3-15,17-21H,16,22H2,1-2H3. The summed E-state index contributed by atoms with van der Waals surface area (Å²) in [6, 6.07) is 32.6. The van der Waals surface area contributed by atoms with E-state index in [9.17, 15) is 0 Å². The third kappa shape index (κ3) is 3.24. The molecule has 0 spiro atoms. The van der Waals surface area contributed by atoms with E-state index < -0.39 is 5.41 Å². The van der Waals surface area contributed by atoms with Gasteiger partial charge < -0.3 is 9.47 Å². The number of methoxy groups -OCH3 is 2. The largest absolute Gasteiger partial charge is 0.497 e. The van der Waals surface area contributed by atoms with Gasteiger partial charge in [-0.05, 0) is 70.0 Å². The summed E-state index contributed by atoms with van der Waals surface area (Å²) in [5.41, 5.74) is 9.79. The van der Waals surface area contributed by atoms with Crippen LogP contribution in [-0.2, 0) is 11.8 Å². The third-order valence-electron chi connectivity index (χ3n) is 7.51. The molecule has 0 amide bonds. The van der Waals surface area contributed by atoms with Crippen molar-refractivity contribution >= 4 is 0 Å². The number of fused-ring (bicyclic) bond motifs is 3. The molecule has 0 aromatic heterocycles. The third-order valence-corrected chi connectivity index (χ3v) is 7.51. The molecule has 2 heteroatoms. The molecule has 2 aliphatic carbocycles. The highest BCUT2D eigenvalue weighted by Crippen LogP contribution is 2.55. The number of rotatable bonds is 6. The van der Waals surface area contributed by atoms with Crippen LogP contribution in [0.3, 0.4) is 0 Å². The molecule has 0 unspecified atom stereocenters. The van der Waals surface area contributed by atoms with E-state index in [1.807, 2.05) is 0 Å². The van der Waals surface area contributed by atoms with E-state index in [0.29, 0.717) is 0 Å². The molecule has 4 aromatic carbocycles. The lowest BCUT2D eigenvalue weighted by atomic mass is 9.62. The Kier molecular flexibility index (Phi) is 5.30. The Morgan fingerprint density at radius 3 is 2.00 bits per heavy atom. The first kappa shape index (κ1) is 21.5. The zero-order valence-corrected chi connectivity index (χ0v) is 20.1. The average Bonchev–Trinajstić information content (AvgIpc) is 3.59. The summed E-state index contributed by atoms with van der Waals surface area (Å²) in [4.78, 5) is 0. The second-order valence-electron chi connectivity index (χ2n) is 9.18. The molecule has 0 atom stereocenters. The highest BCUT2D eigenvalue weighted by atomic mass is 16.5. The lowest BCUT2D eigenvalue weighted by Crippen LogP contribution is -2.33. The van der Waals surface area contributed by atoms with Crippen LogP contribution < -0.4 is 9.47 Å². The fourth-order valence-corrected chi connectivity index (χ4v) is 6.03. The maximum atomic E-state index is 6.15. The molecule has 2 aliphatic rings. The van der Waals surface area contributed by atoms with Crippen LogP contribution in [0.1, 0.15) is 34.2 Å². The van der Waals surface area contributed by atoms with Gasteiger partial charge in [0.15, 0.2) is 0 Å². The number of allylic oxidation sites excluding steroid dienone is 4. The maximum Gasteiger partial charge on any atom is 0.123 e. The van der Waals surface area contributed by atoms with Crippen LogP contribution in [0, 0.1) is 0 Å². The van der Waals surface area contributed by atoms with E-state index in [-0.39, 0.29) is 0 Å². The molecule has 0 bridgehead atoms. The predicted octanol–water partition coefficient (Wildman–Crippen LogP) is 7.50. The molecule has 0 radical (unpaired) electrons. The first-order valence-corrected chi connectivity index (χ1v) is 12.1. The van der Waals surface area contributed by atoms with E-state index >= 15 is 0 Å². The number of ether oxygens (including phenoxy) is 2. The molecular weight excluding hydrogens is 428 g/mol. The highest BCUT2D eigenvalue weighted by Gasteiger charge is 2.45. The van der Waals surface area contributed by atoms with Gasteiger partial charge in [-0.1, -0.05) is 91.0 Å². The molecule has 172 valence electrons. The maximum absolute atomic E-state index is 6.15. The van der Waals surface area contributed by atoms with Gasteiger partial charge in [-0.3, -0.25) is 0 Å². The number of hydrogen-bond donors (Lipinski definition) is 0. The van der Waals surface area contributed by atoms with Crippen molar-refractivity contribution < 1.29 is 9.47 Å². The topological polar surface area (TPSA) is 18.5 Å². The predicted molar refractivity (Wildman–Crippen MR) is 142 cm³/mol. The summed E-state index contributed by atoms with van der Waals surface area (Å²) in [6.07, 6.45) is 8.48. The van der Waals surface area contributed by atoms with Gasteiger partial charge >= 0.3 is 0 Å². The number of hydrogen-bond acceptors (Lipinski definition) is 2. The van der Waals surface area contributed by atoms with Gasteiger partial charge in [0.05, 0.1) is 19.6 Å². The van der Waals surface area contributed by atoms with Crippen LogP contribution in [0.4, 0.5) is 0 Å². The summed E-state index contributed by atoms with van der Waals surface area (Å²) >= 11 is 0. The summed E-state index contributed by atoms with van der Waals surface area (Å²) in [7, 11) is 3.52. The van der Waals surface area contributed by atoms with Crippen molar-refractivity contribution in [1.29, 1.82) is 0 Å². The minimum atomic E-state index is -0.477. The lowest BCUT2D eigenvalue weighted by Gasteiger charge is -2.40. The first-order chi connectivity index (χ1) is 17.3. The van der Waals surface area contributed by atoms with E-state index in [4.69, 9.17) is 9.47 Å². The van der Waals surface area contributed by atoms with Crippen LogP contribution in [0.5, 0.6) is 11.5 Å². The summed E-state index contributed by atoms with van der Waals surface area (Å²) < 4.78 is 11.7. The van der Waals surface area contributed by atoms with Crippen LogP contribution in [0.15, 0.2) is 115 Å². The molecule has 0 saturated heterocycles. The van der Waals surface area contributed by atoms with Gasteiger partial charge in [0, 0.05) is 5.56 Å². The lowest BCUT2D eigenvalue weighted by molar-refractivity contribution is 0.403. The van der Waals surface area contributed by atoms with Gasteiger partial charge in [0.2, 0.25) is 0 Å². The van der Waals surface area contributed by atoms with Crippen LogP contribution >= 0.6 is 0 Å². The number of benzene rings is 4. The van der Waals surface area contributed by atoms with Gasteiger partial charge in [0.1, 0.15) is 11.5 Å². The summed E-state index contributed by atoms with van der Waals surface area (Å²) in [5, 5.41) is 0. The minimum Gasteiger partial charge on any atom is -0.497 e. The molecule has 0 fully saturated rings. The normalized spacial score (nSPS) is 13.8. The van der Waals surface area contributed by atoms with Crippen molar-refractivity contribution in [2.24, 2.45) is 0 Å². The summed E-state index contributed by atoms with van der Waals surface area (Å²) in [6.45, 7) is 0. The molecule has 6 rings (SSSR count). The zero-order chi connectivity index (χ0) is 23.8. The summed E-state index contributed by atoms with van der Waals surface area (Å²) in [5.74, 6) is 1.81. The average molecular weight is 457 g/mol.